The monoisotopic (exact) mass is 447 g/mol. The van der Waals surface area contributed by atoms with Gasteiger partial charge in [-0.05, 0) is 33.6 Å². The number of aromatic amines is 1. The normalized spacial score (nSPS) is 15.7. The number of aromatic nitrogens is 7. The van der Waals surface area contributed by atoms with Crippen LogP contribution in [0.2, 0.25) is 0 Å². The third-order valence-electron chi connectivity index (χ3n) is 5.36. The number of H-pyrrole nitrogens is 1. The molecule has 0 radical (unpaired) electrons. The van der Waals surface area contributed by atoms with E-state index in [0.29, 0.717) is 41.5 Å². The van der Waals surface area contributed by atoms with E-state index in [0.717, 1.165) is 36.5 Å². The number of hydrogen-bond donors (Lipinski definition) is 2. The number of hydrogen-bond acceptors (Lipinski definition) is 10. The van der Waals surface area contributed by atoms with Crippen molar-refractivity contribution in [3.8, 4) is 17.3 Å². The molecule has 0 unspecified atom stereocenters. The smallest absolute Gasteiger partial charge is 0.242 e. The van der Waals surface area contributed by atoms with Gasteiger partial charge in [0.15, 0.2) is 17.3 Å². The van der Waals surface area contributed by atoms with Crippen LogP contribution in [0, 0.1) is 13.8 Å². The predicted molar refractivity (Wildman–Crippen MR) is 121 cm³/mol. The Balaban J connectivity index is 1.41. The van der Waals surface area contributed by atoms with E-state index < -0.39 is 0 Å². The highest BCUT2D eigenvalue weighted by molar-refractivity contribution is 5.60. The van der Waals surface area contributed by atoms with Crippen LogP contribution in [0.25, 0.3) is 11.4 Å². The van der Waals surface area contributed by atoms with Gasteiger partial charge in [0.2, 0.25) is 11.8 Å². The van der Waals surface area contributed by atoms with Gasteiger partial charge in [0.05, 0.1) is 12.6 Å². The number of ether oxygens (including phenoxy) is 1. The summed E-state index contributed by atoms with van der Waals surface area (Å²) in [7, 11) is 0. The molecule has 0 bridgehead atoms. The number of anilines is 3. The molecule has 5 heterocycles. The van der Waals surface area contributed by atoms with E-state index in [4.69, 9.17) is 14.2 Å². The van der Waals surface area contributed by atoms with Gasteiger partial charge in [-0.3, -0.25) is 5.10 Å². The van der Waals surface area contributed by atoms with Gasteiger partial charge >= 0.3 is 0 Å². The summed E-state index contributed by atoms with van der Waals surface area (Å²) in [5, 5.41) is 14.6. The largest absolute Gasteiger partial charge is 0.476 e. The molecular weight excluding hydrogens is 422 g/mol. The van der Waals surface area contributed by atoms with Gasteiger partial charge in [-0.1, -0.05) is 5.16 Å². The van der Waals surface area contributed by atoms with Crippen molar-refractivity contribution in [3.63, 3.8) is 0 Å². The molecule has 0 amide bonds. The number of rotatable bonds is 7. The van der Waals surface area contributed by atoms with Crippen molar-refractivity contribution >= 4 is 17.6 Å². The molecule has 1 fully saturated rings. The Morgan fingerprint density at radius 1 is 1.15 bits per heavy atom. The summed E-state index contributed by atoms with van der Waals surface area (Å²) in [6.07, 6.45) is 5.12. The predicted octanol–water partition coefficient (Wildman–Crippen LogP) is 3.75. The minimum absolute atomic E-state index is 0.0271. The molecule has 0 aromatic carbocycles. The van der Waals surface area contributed by atoms with E-state index in [1.807, 2.05) is 39.0 Å². The van der Waals surface area contributed by atoms with E-state index in [1.165, 1.54) is 0 Å². The zero-order chi connectivity index (χ0) is 22.8. The highest BCUT2D eigenvalue weighted by atomic mass is 16.5. The molecule has 1 aliphatic rings. The maximum absolute atomic E-state index is 5.75. The van der Waals surface area contributed by atoms with Crippen molar-refractivity contribution in [1.29, 1.82) is 0 Å². The van der Waals surface area contributed by atoms with Gasteiger partial charge in [0, 0.05) is 48.5 Å². The Labute approximate surface area is 190 Å². The quantitative estimate of drug-likeness (QED) is 0.432. The molecule has 33 heavy (non-hydrogen) atoms. The molecule has 0 spiro atoms. The Kier molecular flexibility index (Phi) is 5.59. The van der Waals surface area contributed by atoms with E-state index in [2.05, 4.69) is 40.5 Å². The highest BCUT2D eigenvalue weighted by Gasteiger charge is 2.32. The molecule has 0 saturated carbocycles. The van der Waals surface area contributed by atoms with Crippen molar-refractivity contribution in [2.24, 2.45) is 0 Å². The first-order valence-corrected chi connectivity index (χ1v) is 10.9. The molecule has 0 aliphatic carbocycles. The molecule has 4 aromatic heterocycles. The van der Waals surface area contributed by atoms with E-state index >= 15 is 0 Å². The summed E-state index contributed by atoms with van der Waals surface area (Å²) in [6, 6.07) is 5.70. The number of nitrogens with one attached hydrogen (secondary N) is 2. The van der Waals surface area contributed by atoms with Crippen LogP contribution >= 0.6 is 0 Å². The zero-order valence-electron chi connectivity index (χ0n) is 18.7. The molecule has 5 rings (SSSR count). The Bertz CT molecular complexity index is 1250. The Morgan fingerprint density at radius 2 is 2.03 bits per heavy atom. The molecule has 11 heteroatoms. The second-order valence-electron chi connectivity index (χ2n) is 7.86. The Hall–Kier alpha value is -4.02. The summed E-state index contributed by atoms with van der Waals surface area (Å²) in [4.78, 5) is 20.2. The van der Waals surface area contributed by atoms with Gasteiger partial charge in [0.1, 0.15) is 11.5 Å². The highest BCUT2D eigenvalue weighted by Crippen LogP contribution is 2.37. The van der Waals surface area contributed by atoms with Gasteiger partial charge in [-0.2, -0.15) is 10.1 Å². The van der Waals surface area contributed by atoms with Gasteiger partial charge in [-0.25, -0.2) is 15.0 Å². The lowest BCUT2D eigenvalue weighted by atomic mass is 10.1. The molecule has 4 aromatic rings. The minimum atomic E-state index is -0.0271. The lowest BCUT2D eigenvalue weighted by molar-refractivity contribution is 0.326. The molecule has 1 atom stereocenters. The van der Waals surface area contributed by atoms with Crippen LogP contribution < -0.4 is 15.0 Å². The second kappa shape index (κ2) is 8.85. The molecule has 2 N–H and O–H groups in total. The van der Waals surface area contributed by atoms with Crippen molar-refractivity contribution < 1.29 is 9.26 Å². The third-order valence-corrected chi connectivity index (χ3v) is 5.36. The van der Waals surface area contributed by atoms with Crippen LogP contribution in [0.1, 0.15) is 43.0 Å². The summed E-state index contributed by atoms with van der Waals surface area (Å²) in [6.45, 7) is 7.12. The van der Waals surface area contributed by atoms with Crippen molar-refractivity contribution in [2.45, 2.75) is 39.7 Å². The Morgan fingerprint density at radius 3 is 2.85 bits per heavy atom. The van der Waals surface area contributed by atoms with Gasteiger partial charge in [-0.15, -0.1) is 0 Å². The summed E-state index contributed by atoms with van der Waals surface area (Å²) >= 11 is 0. The van der Waals surface area contributed by atoms with Crippen LogP contribution in [0.15, 0.2) is 35.1 Å². The van der Waals surface area contributed by atoms with Crippen molar-refractivity contribution in [2.75, 3.05) is 23.4 Å². The van der Waals surface area contributed by atoms with Crippen LogP contribution in [0.4, 0.5) is 17.6 Å². The first kappa shape index (κ1) is 20.9. The summed E-state index contributed by atoms with van der Waals surface area (Å²) < 4.78 is 11.3. The maximum atomic E-state index is 5.75. The second-order valence-corrected chi connectivity index (χ2v) is 7.86. The number of aryl methyl sites for hydroxylation is 2. The lowest BCUT2D eigenvalue weighted by Crippen LogP contribution is -2.25. The van der Waals surface area contributed by atoms with Crippen molar-refractivity contribution in [1.82, 2.24) is 35.3 Å². The van der Waals surface area contributed by atoms with Gasteiger partial charge < -0.3 is 19.5 Å². The van der Waals surface area contributed by atoms with E-state index in [9.17, 15) is 0 Å². The fourth-order valence-corrected chi connectivity index (χ4v) is 3.96. The third kappa shape index (κ3) is 4.34. The molecule has 1 aliphatic heterocycles. The van der Waals surface area contributed by atoms with Crippen LogP contribution in [-0.4, -0.2) is 48.4 Å². The first-order valence-electron chi connectivity index (χ1n) is 10.9. The topological polar surface area (TPSA) is 131 Å². The van der Waals surface area contributed by atoms with E-state index in [-0.39, 0.29) is 6.04 Å². The standard InChI is InChI=1S/C22H25N9O2/c1-4-32-21-20(23-7-8-24-21)15-12-17(33-30-15)16-6-5-9-31(16)22-25-13(2)10-18(27-22)26-19-11-14(3)28-29-19/h7-8,10-12,16H,4-6,9H2,1-3H3,(H2,25,26,27,28,29)/t16-/m0/s1. The lowest BCUT2D eigenvalue weighted by Gasteiger charge is -2.23. The average molecular weight is 448 g/mol. The van der Waals surface area contributed by atoms with E-state index in [1.54, 1.807) is 12.4 Å². The van der Waals surface area contributed by atoms with Crippen molar-refractivity contribution in [3.05, 3.63) is 47.7 Å². The number of nitrogens with zero attached hydrogens (tertiary/aromatic N) is 7. The van der Waals surface area contributed by atoms with Crippen LogP contribution in [0.3, 0.4) is 0 Å². The molecule has 170 valence electrons. The molecule has 11 nitrogen and oxygen atoms in total. The fourth-order valence-electron chi connectivity index (χ4n) is 3.96. The minimum Gasteiger partial charge on any atom is -0.476 e. The maximum Gasteiger partial charge on any atom is 0.242 e. The first-order chi connectivity index (χ1) is 16.1. The van der Waals surface area contributed by atoms with Crippen LogP contribution in [-0.2, 0) is 0 Å². The SMILES string of the molecule is CCOc1nccnc1-c1cc([C@@H]2CCCN2c2nc(C)cc(Nc3cc(C)[nH]n3)n2)on1. The average Bonchev–Trinajstić information content (AvgIpc) is 3.54. The fraction of sp³-hybridized carbons (Fsp3) is 0.364. The molecular formula is C22H25N9O2. The summed E-state index contributed by atoms with van der Waals surface area (Å²) in [5.74, 6) is 3.21. The van der Waals surface area contributed by atoms with Crippen LogP contribution in [0.5, 0.6) is 5.88 Å². The van der Waals surface area contributed by atoms with Gasteiger partial charge in [0.25, 0.3) is 0 Å². The molecule has 1 saturated heterocycles. The zero-order valence-corrected chi connectivity index (χ0v) is 18.7. The summed E-state index contributed by atoms with van der Waals surface area (Å²) in [5.41, 5.74) is 2.99.